The number of hydrogen-bond donors (Lipinski definition) is 1. The summed E-state index contributed by atoms with van der Waals surface area (Å²) in [5, 5.41) is 7.63. The highest BCUT2D eigenvalue weighted by Gasteiger charge is 2.65. The number of hydrogen-bond acceptors (Lipinski definition) is 6. The van der Waals surface area contributed by atoms with Crippen LogP contribution in [0.3, 0.4) is 0 Å². The van der Waals surface area contributed by atoms with Crippen molar-refractivity contribution in [2.24, 2.45) is 0 Å². The number of nitrogens with one attached hydrogen (secondary N) is 1. The lowest BCUT2D eigenvalue weighted by Gasteiger charge is -2.42. The Hall–Kier alpha value is -3.40. The molecule has 0 aromatic carbocycles. The van der Waals surface area contributed by atoms with Crippen LogP contribution in [-0.2, 0) is 11.3 Å². The first-order valence-corrected chi connectivity index (χ1v) is 10.2. The summed E-state index contributed by atoms with van der Waals surface area (Å²) >= 11 is 0. The molecule has 8 nitrogen and oxygen atoms in total. The molecule has 2 aliphatic rings. The number of nitrogens with zero attached hydrogens (tertiary/aromatic N) is 4. The Morgan fingerprint density at radius 3 is 2.50 bits per heavy atom. The van der Waals surface area contributed by atoms with Gasteiger partial charge in [-0.1, -0.05) is 0 Å². The van der Waals surface area contributed by atoms with Gasteiger partial charge in [-0.3, -0.25) is 14.6 Å². The van der Waals surface area contributed by atoms with Crippen molar-refractivity contribution in [2.75, 3.05) is 0 Å². The van der Waals surface area contributed by atoms with Crippen LogP contribution >= 0.6 is 0 Å². The van der Waals surface area contributed by atoms with Crippen molar-refractivity contribution < 1.29 is 53.5 Å². The molecule has 2 atom stereocenters. The van der Waals surface area contributed by atoms with Gasteiger partial charge < -0.3 is 14.6 Å². The van der Waals surface area contributed by atoms with Crippen LogP contribution in [0.1, 0.15) is 47.6 Å². The standard InChI is InChI=1S/C19H14F9N5O3/c20-12(21)14-32-31-13(36-14)7-4-8-9(29-5-7)6-33(15(8)34)10-2-1-3-17(22,23)11(10)30-16(35)18(24,25)19(26,27)28/h4-5,10-12H,1-3,6H2,(H,30,35)/t10-,11+/m1/s1. The SMILES string of the molecule is O=C1c2cc(-c3nnc(C(F)F)o3)cnc2CN1[C@@H]1CCCC(F)(F)[C@H]1NC(=O)C(F)(F)C(F)(F)F. The third-order valence-electron chi connectivity index (χ3n) is 5.83. The Morgan fingerprint density at radius 1 is 1.19 bits per heavy atom. The summed E-state index contributed by atoms with van der Waals surface area (Å²) in [6.45, 7) is -0.427. The van der Waals surface area contributed by atoms with E-state index in [0.717, 1.165) is 22.5 Å². The molecule has 0 radical (unpaired) electrons. The zero-order valence-electron chi connectivity index (χ0n) is 17.6. The molecule has 2 aromatic heterocycles. The minimum absolute atomic E-state index is 0.0249. The summed E-state index contributed by atoms with van der Waals surface area (Å²) in [6, 6.07) is -3.09. The molecule has 1 N–H and O–H groups in total. The molecular weight excluding hydrogens is 517 g/mol. The van der Waals surface area contributed by atoms with Gasteiger partial charge in [0.1, 0.15) is 6.04 Å². The summed E-state index contributed by atoms with van der Waals surface area (Å²) in [7, 11) is 0. The third-order valence-corrected chi connectivity index (χ3v) is 5.83. The second kappa shape index (κ2) is 8.62. The predicted molar refractivity (Wildman–Crippen MR) is 97.9 cm³/mol. The van der Waals surface area contributed by atoms with Crippen molar-refractivity contribution in [3.8, 4) is 11.5 Å². The van der Waals surface area contributed by atoms with Gasteiger partial charge in [-0.2, -0.15) is 30.7 Å². The molecule has 0 spiro atoms. The van der Waals surface area contributed by atoms with Crippen LogP contribution in [0.15, 0.2) is 16.7 Å². The molecule has 3 heterocycles. The van der Waals surface area contributed by atoms with Crippen molar-refractivity contribution in [3.05, 3.63) is 29.4 Å². The zero-order valence-corrected chi connectivity index (χ0v) is 17.6. The van der Waals surface area contributed by atoms with Gasteiger partial charge in [-0.05, 0) is 18.9 Å². The van der Waals surface area contributed by atoms with Crippen molar-refractivity contribution in [1.82, 2.24) is 25.4 Å². The fourth-order valence-electron chi connectivity index (χ4n) is 4.07. The van der Waals surface area contributed by atoms with Gasteiger partial charge in [0.25, 0.3) is 17.7 Å². The lowest BCUT2D eigenvalue weighted by Crippen LogP contribution is -2.65. The first kappa shape index (κ1) is 25.7. The molecule has 1 saturated carbocycles. The number of pyridine rings is 1. The van der Waals surface area contributed by atoms with E-state index in [1.165, 1.54) is 0 Å². The first-order valence-electron chi connectivity index (χ1n) is 10.2. The number of rotatable bonds is 5. The van der Waals surface area contributed by atoms with Crippen LogP contribution in [0.25, 0.3) is 11.5 Å². The summed E-state index contributed by atoms with van der Waals surface area (Å²) < 4.78 is 124. The highest BCUT2D eigenvalue weighted by Crippen LogP contribution is 2.41. The lowest BCUT2D eigenvalue weighted by atomic mass is 9.85. The second-order valence-electron chi connectivity index (χ2n) is 8.14. The van der Waals surface area contributed by atoms with E-state index in [1.807, 2.05) is 0 Å². The van der Waals surface area contributed by atoms with Crippen molar-refractivity contribution >= 4 is 11.8 Å². The normalized spacial score (nSPS) is 22.2. The number of alkyl halides is 9. The molecular formula is C19H14F9N5O3. The van der Waals surface area contributed by atoms with E-state index >= 15 is 0 Å². The van der Waals surface area contributed by atoms with Crippen LogP contribution < -0.4 is 5.32 Å². The minimum atomic E-state index is -6.32. The lowest BCUT2D eigenvalue weighted by molar-refractivity contribution is -0.271. The molecule has 0 bridgehead atoms. The van der Waals surface area contributed by atoms with Crippen LogP contribution in [0, 0.1) is 0 Å². The van der Waals surface area contributed by atoms with Crippen molar-refractivity contribution in [2.45, 2.75) is 62.3 Å². The van der Waals surface area contributed by atoms with Gasteiger partial charge in [0.2, 0.25) is 5.89 Å². The molecule has 1 fully saturated rings. The maximum Gasteiger partial charge on any atom is 0.463 e. The predicted octanol–water partition coefficient (Wildman–Crippen LogP) is 3.90. The van der Waals surface area contributed by atoms with E-state index in [4.69, 9.17) is 4.42 Å². The van der Waals surface area contributed by atoms with Crippen molar-refractivity contribution in [3.63, 3.8) is 0 Å². The molecule has 36 heavy (non-hydrogen) atoms. The van der Waals surface area contributed by atoms with Crippen LogP contribution in [0.4, 0.5) is 39.5 Å². The average molecular weight is 531 g/mol. The third kappa shape index (κ3) is 4.34. The quantitative estimate of drug-likeness (QED) is 0.588. The van der Waals surface area contributed by atoms with E-state index in [2.05, 4.69) is 15.2 Å². The minimum Gasteiger partial charge on any atom is -0.415 e. The molecule has 0 saturated heterocycles. The number of carbonyl (C=O) groups is 2. The summed E-state index contributed by atoms with van der Waals surface area (Å²) in [6.07, 6.45) is -9.71. The van der Waals surface area contributed by atoms with E-state index < -0.39 is 73.1 Å². The maximum atomic E-state index is 14.6. The molecule has 17 heteroatoms. The molecule has 2 amide bonds. The number of halogens is 9. The molecule has 1 aliphatic carbocycles. The van der Waals surface area contributed by atoms with Gasteiger partial charge in [0, 0.05) is 12.6 Å². The van der Waals surface area contributed by atoms with Crippen LogP contribution in [0.5, 0.6) is 0 Å². The monoisotopic (exact) mass is 531 g/mol. The Kier molecular flexibility index (Phi) is 6.15. The van der Waals surface area contributed by atoms with Crippen LogP contribution in [0.2, 0.25) is 0 Å². The molecule has 1 aliphatic heterocycles. The van der Waals surface area contributed by atoms with E-state index in [0.29, 0.717) is 0 Å². The summed E-state index contributed by atoms with van der Waals surface area (Å²) in [5.74, 6) is -15.2. The van der Waals surface area contributed by atoms with E-state index in [-0.39, 0.29) is 29.7 Å². The smallest absolute Gasteiger partial charge is 0.415 e. The number of aromatic nitrogens is 3. The molecule has 4 rings (SSSR count). The first-order chi connectivity index (χ1) is 16.6. The molecule has 2 aromatic rings. The Balaban J connectivity index is 1.61. The highest BCUT2D eigenvalue weighted by molar-refractivity contribution is 5.99. The van der Waals surface area contributed by atoms with E-state index in [1.54, 1.807) is 0 Å². The average Bonchev–Trinajstić information content (AvgIpc) is 3.39. The topological polar surface area (TPSA) is 101 Å². The Morgan fingerprint density at radius 2 is 1.89 bits per heavy atom. The second-order valence-corrected chi connectivity index (χ2v) is 8.14. The highest BCUT2D eigenvalue weighted by atomic mass is 19.4. The van der Waals surface area contributed by atoms with Crippen LogP contribution in [-0.4, -0.2) is 62.0 Å². The Bertz CT molecular complexity index is 1180. The fourth-order valence-corrected chi connectivity index (χ4v) is 4.07. The van der Waals surface area contributed by atoms with Gasteiger partial charge in [-0.25, -0.2) is 8.78 Å². The number of fused-ring (bicyclic) bond motifs is 1. The summed E-state index contributed by atoms with van der Waals surface area (Å²) in [4.78, 5) is 29.4. The molecule has 196 valence electrons. The Labute approximate surface area is 194 Å². The van der Waals surface area contributed by atoms with Crippen molar-refractivity contribution in [1.29, 1.82) is 0 Å². The van der Waals surface area contributed by atoms with E-state index in [9.17, 15) is 49.1 Å². The molecule has 0 unspecified atom stereocenters. The van der Waals surface area contributed by atoms with Gasteiger partial charge in [0.05, 0.1) is 29.4 Å². The summed E-state index contributed by atoms with van der Waals surface area (Å²) in [5.41, 5.74) is -0.229. The number of amides is 2. The number of carbonyl (C=O) groups excluding carboxylic acids is 2. The zero-order chi connectivity index (χ0) is 26.6. The maximum absolute atomic E-state index is 14.6. The van der Waals surface area contributed by atoms with Gasteiger partial charge in [-0.15, -0.1) is 10.2 Å². The van der Waals surface area contributed by atoms with Gasteiger partial charge >= 0.3 is 24.4 Å². The largest absolute Gasteiger partial charge is 0.463 e. The fraction of sp³-hybridized carbons (Fsp3) is 0.526. The van der Waals surface area contributed by atoms with Gasteiger partial charge in [0.15, 0.2) is 0 Å².